The summed E-state index contributed by atoms with van der Waals surface area (Å²) in [6.07, 6.45) is 3.63. The topological polar surface area (TPSA) is 44.5 Å². The van der Waals surface area contributed by atoms with Gasteiger partial charge in [0.05, 0.1) is 6.61 Å². The van der Waals surface area contributed by atoms with Crippen LogP contribution in [0.25, 0.3) is 0 Å². The molecule has 16 heavy (non-hydrogen) atoms. The lowest BCUT2D eigenvalue weighted by atomic mass is 10.3. The second-order valence-electron chi connectivity index (χ2n) is 4.29. The van der Waals surface area contributed by atoms with Gasteiger partial charge in [0.1, 0.15) is 5.75 Å². The number of nitrogens with two attached hydrogens (primary N) is 1. The number of hydrogen-bond acceptors (Lipinski definition) is 3. The van der Waals surface area contributed by atoms with Gasteiger partial charge in [0, 0.05) is 31.4 Å². The largest absolute Gasteiger partial charge is 0.493 e. The van der Waals surface area contributed by atoms with Crippen molar-refractivity contribution in [1.29, 1.82) is 0 Å². The molecule has 2 rings (SSSR count). The third kappa shape index (κ3) is 4.11. The van der Waals surface area contributed by atoms with Gasteiger partial charge in [0.15, 0.2) is 0 Å². The van der Waals surface area contributed by atoms with E-state index in [1.807, 2.05) is 24.3 Å². The number of anilines is 1. The fourth-order valence-electron chi connectivity index (χ4n) is 1.49. The highest BCUT2D eigenvalue weighted by atomic mass is 16.5. The lowest BCUT2D eigenvalue weighted by Gasteiger charge is -2.07. The molecular weight excluding hydrogens is 202 g/mol. The molecular formula is C13H19NO2. The summed E-state index contributed by atoms with van der Waals surface area (Å²) in [5.74, 6) is 1.68. The molecule has 0 aromatic heterocycles. The maximum absolute atomic E-state index is 5.65. The lowest BCUT2D eigenvalue weighted by Crippen LogP contribution is -2.04. The molecule has 0 amide bonds. The zero-order chi connectivity index (χ0) is 11.2. The molecule has 0 aliphatic heterocycles. The van der Waals surface area contributed by atoms with Crippen molar-refractivity contribution in [2.75, 3.05) is 25.6 Å². The van der Waals surface area contributed by atoms with Gasteiger partial charge >= 0.3 is 0 Å². The first-order valence-electron chi connectivity index (χ1n) is 5.90. The summed E-state index contributed by atoms with van der Waals surface area (Å²) in [5, 5.41) is 0. The van der Waals surface area contributed by atoms with E-state index < -0.39 is 0 Å². The Bertz CT molecular complexity index is 323. The van der Waals surface area contributed by atoms with Crippen LogP contribution < -0.4 is 10.5 Å². The average molecular weight is 221 g/mol. The van der Waals surface area contributed by atoms with Gasteiger partial charge in [0.25, 0.3) is 0 Å². The van der Waals surface area contributed by atoms with Crippen LogP contribution in [0.3, 0.4) is 0 Å². The summed E-state index contributed by atoms with van der Waals surface area (Å²) in [4.78, 5) is 0. The van der Waals surface area contributed by atoms with E-state index in [4.69, 9.17) is 15.2 Å². The lowest BCUT2D eigenvalue weighted by molar-refractivity contribution is 0.111. The average Bonchev–Trinajstić information content (AvgIpc) is 3.07. The Balaban J connectivity index is 1.53. The van der Waals surface area contributed by atoms with Crippen molar-refractivity contribution in [2.45, 2.75) is 19.3 Å². The van der Waals surface area contributed by atoms with Gasteiger partial charge in [-0.1, -0.05) is 6.07 Å². The summed E-state index contributed by atoms with van der Waals surface area (Å²) in [6.45, 7) is 2.41. The zero-order valence-electron chi connectivity index (χ0n) is 9.52. The van der Waals surface area contributed by atoms with E-state index in [0.29, 0.717) is 6.61 Å². The quantitative estimate of drug-likeness (QED) is 0.568. The van der Waals surface area contributed by atoms with E-state index in [9.17, 15) is 0 Å². The van der Waals surface area contributed by atoms with E-state index >= 15 is 0 Å². The Kier molecular flexibility index (Phi) is 4.05. The Morgan fingerprint density at radius 3 is 2.88 bits per heavy atom. The van der Waals surface area contributed by atoms with Crippen LogP contribution >= 0.6 is 0 Å². The Hall–Kier alpha value is -1.22. The molecule has 0 spiro atoms. The molecule has 0 atom stereocenters. The highest BCUT2D eigenvalue weighted by Gasteiger charge is 2.20. The Morgan fingerprint density at radius 2 is 2.12 bits per heavy atom. The van der Waals surface area contributed by atoms with Crippen molar-refractivity contribution in [3.05, 3.63) is 24.3 Å². The van der Waals surface area contributed by atoms with Gasteiger partial charge < -0.3 is 15.2 Å². The molecule has 1 saturated carbocycles. The first-order valence-corrected chi connectivity index (χ1v) is 5.90. The van der Waals surface area contributed by atoms with Crippen LogP contribution in [0.4, 0.5) is 5.69 Å². The standard InChI is InChI=1S/C13H19NO2/c14-12-3-1-4-13(9-12)16-8-2-7-15-10-11-5-6-11/h1,3-4,9,11H,2,5-8,10,14H2. The normalized spacial score (nSPS) is 15.0. The molecule has 1 aromatic rings. The van der Waals surface area contributed by atoms with Gasteiger partial charge in [-0.05, 0) is 30.9 Å². The maximum Gasteiger partial charge on any atom is 0.121 e. The molecule has 1 aliphatic carbocycles. The van der Waals surface area contributed by atoms with Crippen molar-refractivity contribution in [3.63, 3.8) is 0 Å². The molecule has 3 heteroatoms. The van der Waals surface area contributed by atoms with Crippen molar-refractivity contribution in [3.8, 4) is 5.75 Å². The molecule has 1 aliphatic rings. The first-order chi connectivity index (χ1) is 7.84. The van der Waals surface area contributed by atoms with Crippen LogP contribution in [0, 0.1) is 5.92 Å². The summed E-state index contributed by atoms with van der Waals surface area (Å²) < 4.78 is 11.1. The number of hydrogen-bond donors (Lipinski definition) is 1. The molecule has 0 radical (unpaired) electrons. The van der Waals surface area contributed by atoms with E-state index in [2.05, 4.69) is 0 Å². The van der Waals surface area contributed by atoms with Crippen LogP contribution in [-0.2, 0) is 4.74 Å². The van der Waals surface area contributed by atoms with Gasteiger partial charge in [-0.2, -0.15) is 0 Å². The third-order valence-corrected chi connectivity index (χ3v) is 2.61. The minimum absolute atomic E-state index is 0.689. The molecule has 88 valence electrons. The van der Waals surface area contributed by atoms with E-state index in [-0.39, 0.29) is 0 Å². The fourth-order valence-corrected chi connectivity index (χ4v) is 1.49. The Morgan fingerprint density at radius 1 is 1.25 bits per heavy atom. The van der Waals surface area contributed by atoms with Crippen molar-refractivity contribution >= 4 is 5.69 Å². The van der Waals surface area contributed by atoms with Crippen LogP contribution in [0.5, 0.6) is 5.75 Å². The monoisotopic (exact) mass is 221 g/mol. The summed E-state index contributed by atoms with van der Waals surface area (Å²) in [5.41, 5.74) is 6.38. The summed E-state index contributed by atoms with van der Waals surface area (Å²) in [6, 6.07) is 7.51. The second-order valence-corrected chi connectivity index (χ2v) is 4.29. The van der Waals surface area contributed by atoms with Crippen LogP contribution in [-0.4, -0.2) is 19.8 Å². The van der Waals surface area contributed by atoms with Crippen LogP contribution in [0.1, 0.15) is 19.3 Å². The minimum atomic E-state index is 0.689. The van der Waals surface area contributed by atoms with Crippen molar-refractivity contribution in [1.82, 2.24) is 0 Å². The number of nitrogen functional groups attached to an aromatic ring is 1. The third-order valence-electron chi connectivity index (χ3n) is 2.61. The molecule has 1 aromatic carbocycles. The molecule has 0 heterocycles. The highest BCUT2D eigenvalue weighted by Crippen LogP contribution is 2.28. The number of benzene rings is 1. The van der Waals surface area contributed by atoms with E-state index in [0.717, 1.165) is 37.0 Å². The molecule has 3 nitrogen and oxygen atoms in total. The first kappa shape index (κ1) is 11.3. The number of ether oxygens (including phenoxy) is 2. The zero-order valence-corrected chi connectivity index (χ0v) is 9.52. The Labute approximate surface area is 96.5 Å². The van der Waals surface area contributed by atoms with Gasteiger partial charge in [-0.3, -0.25) is 0 Å². The van der Waals surface area contributed by atoms with Crippen molar-refractivity contribution < 1.29 is 9.47 Å². The molecule has 0 saturated heterocycles. The van der Waals surface area contributed by atoms with Crippen LogP contribution in [0.15, 0.2) is 24.3 Å². The SMILES string of the molecule is Nc1cccc(OCCCOCC2CC2)c1. The molecule has 0 bridgehead atoms. The minimum Gasteiger partial charge on any atom is -0.493 e. The predicted molar refractivity (Wildman–Crippen MR) is 64.5 cm³/mol. The summed E-state index contributed by atoms with van der Waals surface area (Å²) in [7, 11) is 0. The molecule has 0 unspecified atom stereocenters. The molecule has 2 N–H and O–H groups in total. The van der Waals surface area contributed by atoms with E-state index in [1.165, 1.54) is 12.8 Å². The van der Waals surface area contributed by atoms with Gasteiger partial charge in [-0.25, -0.2) is 0 Å². The second kappa shape index (κ2) is 5.75. The maximum atomic E-state index is 5.65. The highest BCUT2D eigenvalue weighted by molar-refractivity contribution is 5.43. The predicted octanol–water partition coefficient (Wildman–Crippen LogP) is 2.46. The van der Waals surface area contributed by atoms with Crippen LogP contribution in [0.2, 0.25) is 0 Å². The van der Waals surface area contributed by atoms with Gasteiger partial charge in [0.2, 0.25) is 0 Å². The van der Waals surface area contributed by atoms with Crippen molar-refractivity contribution in [2.24, 2.45) is 5.92 Å². The van der Waals surface area contributed by atoms with E-state index in [1.54, 1.807) is 0 Å². The molecule has 1 fully saturated rings. The smallest absolute Gasteiger partial charge is 0.121 e. The fraction of sp³-hybridized carbons (Fsp3) is 0.538. The summed E-state index contributed by atoms with van der Waals surface area (Å²) >= 11 is 0. The van der Waals surface area contributed by atoms with Gasteiger partial charge in [-0.15, -0.1) is 0 Å². The number of rotatable bonds is 7.